The molecule has 0 radical (unpaired) electrons. The Labute approximate surface area is 243 Å². The first-order chi connectivity index (χ1) is 19.5. The number of likely N-dealkylation sites (tertiary alicyclic amines) is 1. The highest BCUT2D eigenvalue weighted by molar-refractivity contribution is 6.46. The number of aryl methyl sites for hydroxylation is 1. The van der Waals surface area contributed by atoms with Crippen LogP contribution in [0, 0.1) is 6.92 Å². The molecule has 0 spiro atoms. The number of carbonyl (C=O) groups excluding carboxylic acids is 2. The van der Waals surface area contributed by atoms with Crippen LogP contribution in [0.3, 0.4) is 0 Å². The van der Waals surface area contributed by atoms with Crippen LogP contribution >= 0.6 is 0 Å². The van der Waals surface area contributed by atoms with E-state index in [0.717, 1.165) is 22.3 Å². The topological polar surface area (TPSA) is 76.1 Å². The van der Waals surface area contributed by atoms with Gasteiger partial charge in [-0.15, -0.1) is 0 Å². The second kappa shape index (κ2) is 12.7. The van der Waals surface area contributed by atoms with E-state index >= 15 is 0 Å². The summed E-state index contributed by atoms with van der Waals surface area (Å²) in [6, 6.07) is 22.5. The number of amides is 1. The van der Waals surface area contributed by atoms with E-state index in [1.165, 1.54) is 0 Å². The van der Waals surface area contributed by atoms with E-state index in [4.69, 9.17) is 9.47 Å². The smallest absolute Gasteiger partial charge is 0.295 e. The van der Waals surface area contributed by atoms with E-state index in [-0.39, 0.29) is 22.9 Å². The van der Waals surface area contributed by atoms with Gasteiger partial charge in [0.15, 0.2) is 0 Å². The van der Waals surface area contributed by atoms with Crippen molar-refractivity contribution in [3.63, 3.8) is 0 Å². The number of carbonyl (C=O) groups is 2. The summed E-state index contributed by atoms with van der Waals surface area (Å²) in [6.07, 6.45) is 0.656. The zero-order valence-electron chi connectivity index (χ0n) is 24.9. The number of hydrogen-bond donors (Lipinski definition) is 1. The Morgan fingerprint density at radius 3 is 2.27 bits per heavy atom. The molecule has 1 fully saturated rings. The van der Waals surface area contributed by atoms with Gasteiger partial charge in [-0.25, -0.2) is 0 Å². The minimum absolute atomic E-state index is 0.0453. The lowest BCUT2D eigenvalue weighted by Gasteiger charge is -2.26. The number of benzene rings is 3. The molecule has 1 amide bonds. The van der Waals surface area contributed by atoms with E-state index in [1.54, 1.807) is 23.1 Å². The Bertz CT molecular complexity index is 1400. The summed E-state index contributed by atoms with van der Waals surface area (Å²) in [6.45, 7) is 13.5. The first kappa shape index (κ1) is 30.1. The standard InChI is InChI=1S/C35H41NO5/c1-23(2)40-20-10-19-36-31(26-13-16-28(17-14-26)35(4,5)6)30(33(38)34(36)39)32(37)27-15-18-29(24(3)21-27)41-22-25-11-8-7-9-12-25/h7-9,11-18,21,23,31,37H,10,19-20,22H2,1-6H3/b32-30-. The normalized spacial score (nSPS) is 17.0. The van der Waals surface area contributed by atoms with Crippen LogP contribution in [0.1, 0.15) is 74.9 Å². The summed E-state index contributed by atoms with van der Waals surface area (Å²) >= 11 is 0. The lowest BCUT2D eigenvalue weighted by atomic mass is 9.85. The van der Waals surface area contributed by atoms with Gasteiger partial charge in [0.1, 0.15) is 18.1 Å². The predicted molar refractivity (Wildman–Crippen MR) is 162 cm³/mol. The average Bonchev–Trinajstić information content (AvgIpc) is 3.19. The van der Waals surface area contributed by atoms with Crippen LogP contribution in [0.15, 0.2) is 78.4 Å². The summed E-state index contributed by atoms with van der Waals surface area (Å²) in [5, 5.41) is 11.5. The highest BCUT2D eigenvalue weighted by Crippen LogP contribution is 2.40. The van der Waals surface area contributed by atoms with Gasteiger partial charge in [-0.05, 0) is 73.1 Å². The quantitative estimate of drug-likeness (QED) is 0.125. The highest BCUT2D eigenvalue weighted by Gasteiger charge is 2.45. The molecule has 0 bridgehead atoms. The van der Waals surface area contributed by atoms with Crippen molar-refractivity contribution in [3.8, 4) is 5.75 Å². The Hall–Kier alpha value is -3.90. The van der Waals surface area contributed by atoms with Crippen molar-refractivity contribution < 1.29 is 24.2 Å². The molecule has 1 N–H and O–H groups in total. The van der Waals surface area contributed by atoms with E-state index in [2.05, 4.69) is 20.8 Å². The van der Waals surface area contributed by atoms with Crippen molar-refractivity contribution in [3.05, 3.63) is 106 Å². The largest absolute Gasteiger partial charge is 0.507 e. The number of aliphatic hydroxyl groups excluding tert-OH is 1. The van der Waals surface area contributed by atoms with Crippen LogP contribution in [0.25, 0.3) is 5.76 Å². The molecule has 6 nitrogen and oxygen atoms in total. The van der Waals surface area contributed by atoms with Crippen LogP contribution in [0.4, 0.5) is 0 Å². The van der Waals surface area contributed by atoms with Crippen LogP contribution in [0.5, 0.6) is 5.75 Å². The summed E-state index contributed by atoms with van der Waals surface area (Å²) in [5.74, 6) is -0.794. The van der Waals surface area contributed by atoms with Gasteiger partial charge < -0.3 is 19.5 Å². The molecule has 3 aromatic carbocycles. The molecule has 0 saturated carbocycles. The fourth-order valence-corrected chi connectivity index (χ4v) is 5.03. The molecule has 41 heavy (non-hydrogen) atoms. The highest BCUT2D eigenvalue weighted by atomic mass is 16.5. The van der Waals surface area contributed by atoms with E-state index in [1.807, 2.05) is 75.4 Å². The lowest BCUT2D eigenvalue weighted by molar-refractivity contribution is -0.140. The van der Waals surface area contributed by atoms with Crippen molar-refractivity contribution in [1.82, 2.24) is 4.90 Å². The van der Waals surface area contributed by atoms with Crippen molar-refractivity contribution in [2.45, 2.75) is 72.1 Å². The van der Waals surface area contributed by atoms with E-state index in [0.29, 0.717) is 37.5 Å². The molecule has 1 heterocycles. The van der Waals surface area contributed by atoms with Gasteiger partial charge in [-0.2, -0.15) is 0 Å². The molecule has 3 aromatic rings. The monoisotopic (exact) mass is 555 g/mol. The van der Waals surface area contributed by atoms with Gasteiger partial charge in [-0.1, -0.05) is 75.4 Å². The predicted octanol–water partition coefficient (Wildman–Crippen LogP) is 7.11. The fraction of sp³-hybridized carbons (Fsp3) is 0.371. The van der Waals surface area contributed by atoms with Gasteiger partial charge in [0, 0.05) is 18.7 Å². The zero-order chi connectivity index (χ0) is 29.7. The number of nitrogens with zero attached hydrogens (tertiary/aromatic N) is 1. The van der Waals surface area contributed by atoms with Crippen LogP contribution in [-0.2, 0) is 26.3 Å². The minimum Gasteiger partial charge on any atom is -0.507 e. The van der Waals surface area contributed by atoms with Gasteiger partial charge in [0.05, 0.1) is 17.7 Å². The maximum Gasteiger partial charge on any atom is 0.295 e. The van der Waals surface area contributed by atoms with Crippen LogP contribution in [-0.4, -0.2) is 41.0 Å². The summed E-state index contributed by atoms with van der Waals surface area (Å²) < 4.78 is 11.7. The molecule has 1 aliphatic rings. The summed E-state index contributed by atoms with van der Waals surface area (Å²) in [5.41, 5.74) is 4.31. The number of rotatable bonds is 10. The maximum atomic E-state index is 13.4. The van der Waals surface area contributed by atoms with Crippen LogP contribution < -0.4 is 4.74 Å². The van der Waals surface area contributed by atoms with E-state index < -0.39 is 17.7 Å². The number of ether oxygens (including phenoxy) is 2. The average molecular weight is 556 g/mol. The molecule has 0 aliphatic carbocycles. The molecule has 6 heteroatoms. The third-order valence-corrected chi connectivity index (χ3v) is 7.31. The summed E-state index contributed by atoms with van der Waals surface area (Å²) in [4.78, 5) is 28.3. The molecule has 1 unspecified atom stereocenters. The zero-order valence-corrected chi connectivity index (χ0v) is 24.9. The molecular formula is C35H41NO5. The Morgan fingerprint density at radius 2 is 1.66 bits per heavy atom. The number of aliphatic hydroxyl groups is 1. The lowest BCUT2D eigenvalue weighted by Crippen LogP contribution is -2.31. The van der Waals surface area contributed by atoms with Crippen molar-refractivity contribution in [1.29, 1.82) is 0 Å². The third kappa shape index (κ3) is 7.06. The molecule has 1 saturated heterocycles. The summed E-state index contributed by atoms with van der Waals surface area (Å²) in [7, 11) is 0. The first-order valence-corrected chi connectivity index (χ1v) is 14.3. The number of hydrogen-bond acceptors (Lipinski definition) is 5. The Balaban J connectivity index is 1.68. The molecule has 1 aliphatic heterocycles. The van der Waals surface area contributed by atoms with Crippen LogP contribution in [0.2, 0.25) is 0 Å². The Kier molecular flexibility index (Phi) is 9.34. The van der Waals surface area contributed by atoms with Crippen molar-refractivity contribution >= 4 is 17.4 Å². The molecule has 0 aromatic heterocycles. The molecule has 4 rings (SSSR count). The van der Waals surface area contributed by atoms with Crippen molar-refractivity contribution in [2.75, 3.05) is 13.2 Å². The van der Waals surface area contributed by atoms with Crippen molar-refractivity contribution in [2.24, 2.45) is 0 Å². The minimum atomic E-state index is -0.697. The first-order valence-electron chi connectivity index (χ1n) is 14.3. The number of Topliss-reactive ketones (excluding diaryl/α,β-unsaturated/α-hetero) is 1. The second-order valence-corrected chi connectivity index (χ2v) is 11.9. The molecule has 216 valence electrons. The van der Waals surface area contributed by atoms with Gasteiger partial charge in [-0.3, -0.25) is 9.59 Å². The maximum absolute atomic E-state index is 13.4. The van der Waals surface area contributed by atoms with E-state index in [9.17, 15) is 14.7 Å². The molecule has 1 atom stereocenters. The number of ketones is 1. The molecular weight excluding hydrogens is 514 g/mol. The fourth-order valence-electron chi connectivity index (χ4n) is 5.03. The van der Waals surface area contributed by atoms with Gasteiger partial charge in [0.2, 0.25) is 0 Å². The third-order valence-electron chi connectivity index (χ3n) is 7.31. The Morgan fingerprint density at radius 1 is 0.976 bits per heavy atom. The second-order valence-electron chi connectivity index (χ2n) is 11.9. The van der Waals surface area contributed by atoms with Gasteiger partial charge in [0.25, 0.3) is 11.7 Å². The van der Waals surface area contributed by atoms with Gasteiger partial charge >= 0.3 is 0 Å². The SMILES string of the molecule is Cc1cc(/C(O)=C2/C(=O)C(=O)N(CCCOC(C)C)C2c2ccc(C(C)(C)C)cc2)ccc1OCc1ccccc1.